The van der Waals surface area contributed by atoms with Crippen LogP contribution in [-0.2, 0) is 4.79 Å². The Labute approximate surface area is 66.8 Å². The Morgan fingerprint density at radius 2 is 2.18 bits per heavy atom. The van der Waals surface area contributed by atoms with Gasteiger partial charge >= 0.3 is 0 Å². The topological polar surface area (TPSA) is 59.2 Å². The summed E-state index contributed by atoms with van der Waals surface area (Å²) in [5.74, 6) is 0.111. The molecule has 0 aromatic heterocycles. The van der Waals surface area contributed by atoms with Gasteiger partial charge in [-0.15, -0.1) is 0 Å². The van der Waals surface area contributed by atoms with Crippen molar-refractivity contribution in [2.45, 2.75) is 38.1 Å². The molecule has 1 heterocycles. The molecule has 11 heavy (non-hydrogen) atoms. The van der Waals surface area contributed by atoms with Crippen LogP contribution in [0, 0.1) is 0 Å². The number of rotatable bonds is 5. The first-order chi connectivity index (χ1) is 5.25. The molecule has 1 aliphatic heterocycles. The van der Waals surface area contributed by atoms with E-state index in [1.165, 1.54) is 0 Å². The molecule has 2 N–H and O–H groups in total. The molecule has 1 aliphatic rings. The van der Waals surface area contributed by atoms with E-state index in [2.05, 4.69) is 12.2 Å². The van der Waals surface area contributed by atoms with Gasteiger partial charge in [-0.2, -0.15) is 0 Å². The lowest BCUT2D eigenvalue weighted by atomic mass is 9.99. The number of carbonyl (C=O) groups is 1. The van der Waals surface area contributed by atoms with Crippen molar-refractivity contribution in [3.8, 4) is 0 Å². The molecule has 1 amide bonds. The standard InChI is InChI=1S/C8H15NO2/c1-2-3-4-8(5-6-10)7(11)9-8/h10H,2-6H2,1H3,(H,9,11). The predicted octanol–water partition coefficient (Wildman–Crippen LogP) is 0.428. The summed E-state index contributed by atoms with van der Waals surface area (Å²) >= 11 is 0. The van der Waals surface area contributed by atoms with Gasteiger partial charge in [0.25, 0.3) is 0 Å². The first-order valence-electron chi connectivity index (χ1n) is 4.18. The molecule has 1 atom stereocenters. The number of aliphatic hydroxyl groups is 1. The zero-order valence-electron chi connectivity index (χ0n) is 6.89. The van der Waals surface area contributed by atoms with E-state index in [1.54, 1.807) is 0 Å². The molecule has 3 nitrogen and oxygen atoms in total. The fourth-order valence-corrected chi connectivity index (χ4v) is 1.33. The van der Waals surface area contributed by atoms with Crippen LogP contribution in [0.3, 0.4) is 0 Å². The van der Waals surface area contributed by atoms with Crippen molar-refractivity contribution >= 4 is 5.91 Å². The van der Waals surface area contributed by atoms with Gasteiger partial charge in [-0.1, -0.05) is 19.8 Å². The highest BCUT2D eigenvalue weighted by atomic mass is 16.3. The van der Waals surface area contributed by atoms with Gasteiger partial charge in [0.2, 0.25) is 5.91 Å². The summed E-state index contributed by atoms with van der Waals surface area (Å²) in [4.78, 5) is 10.9. The van der Waals surface area contributed by atoms with Crippen LogP contribution in [0.1, 0.15) is 32.6 Å². The van der Waals surface area contributed by atoms with Crippen LogP contribution in [0.2, 0.25) is 0 Å². The average Bonchev–Trinajstić information content (AvgIpc) is 2.59. The number of amides is 1. The van der Waals surface area contributed by atoms with Crippen molar-refractivity contribution in [2.24, 2.45) is 0 Å². The quantitative estimate of drug-likeness (QED) is 0.568. The second-order valence-electron chi connectivity index (χ2n) is 3.11. The van der Waals surface area contributed by atoms with Crippen LogP contribution in [0.15, 0.2) is 0 Å². The summed E-state index contributed by atoms with van der Waals surface area (Å²) in [5.41, 5.74) is -0.329. The zero-order chi connectivity index (χ0) is 8.32. The van der Waals surface area contributed by atoms with E-state index >= 15 is 0 Å². The fraction of sp³-hybridized carbons (Fsp3) is 0.875. The van der Waals surface area contributed by atoms with E-state index in [4.69, 9.17) is 5.11 Å². The van der Waals surface area contributed by atoms with Crippen molar-refractivity contribution < 1.29 is 9.90 Å². The lowest BCUT2D eigenvalue weighted by Crippen LogP contribution is -2.17. The van der Waals surface area contributed by atoms with Crippen LogP contribution < -0.4 is 5.32 Å². The number of hydrogen-bond acceptors (Lipinski definition) is 2. The maximum atomic E-state index is 10.9. The molecular weight excluding hydrogens is 142 g/mol. The molecule has 0 aliphatic carbocycles. The van der Waals surface area contributed by atoms with Crippen LogP contribution in [0.4, 0.5) is 0 Å². The minimum Gasteiger partial charge on any atom is -0.396 e. The van der Waals surface area contributed by atoms with E-state index in [9.17, 15) is 4.79 Å². The molecule has 64 valence electrons. The lowest BCUT2D eigenvalue weighted by Gasteiger charge is -2.06. The molecule has 0 spiro atoms. The second-order valence-corrected chi connectivity index (χ2v) is 3.11. The average molecular weight is 157 g/mol. The Morgan fingerprint density at radius 3 is 2.55 bits per heavy atom. The van der Waals surface area contributed by atoms with Gasteiger partial charge in [-0.25, -0.2) is 0 Å². The molecule has 1 saturated heterocycles. The molecule has 0 aromatic rings. The van der Waals surface area contributed by atoms with E-state index < -0.39 is 0 Å². The maximum absolute atomic E-state index is 10.9. The Bertz CT molecular complexity index is 158. The summed E-state index contributed by atoms with van der Waals surface area (Å²) < 4.78 is 0. The summed E-state index contributed by atoms with van der Waals surface area (Å²) in [7, 11) is 0. The Morgan fingerprint density at radius 1 is 1.55 bits per heavy atom. The van der Waals surface area contributed by atoms with Gasteiger partial charge in [0.15, 0.2) is 0 Å². The molecule has 1 fully saturated rings. The van der Waals surface area contributed by atoms with Crippen LogP contribution in [-0.4, -0.2) is 23.2 Å². The van der Waals surface area contributed by atoms with Crippen molar-refractivity contribution in [3.05, 3.63) is 0 Å². The largest absolute Gasteiger partial charge is 0.396 e. The third-order valence-corrected chi connectivity index (χ3v) is 2.22. The van der Waals surface area contributed by atoms with E-state index in [0.717, 1.165) is 19.3 Å². The summed E-state index contributed by atoms with van der Waals surface area (Å²) in [6.45, 7) is 2.20. The van der Waals surface area contributed by atoms with Gasteiger partial charge in [-0.05, 0) is 6.42 Å². The highest BCUT2D eigenvalue weighted by Gasteiger charge is 2.51. The van der Waals surface area contributed by atoms with Crippen molar-refractivity contribution in [2.75, 3.05) is 6.61 Å². The molecule has 0 saturated carbocycles. The number of aliphatic hydroxyl groups excluding tert-OH is 1. The van der Waals surface area contributed by atoms with Crippen molar-refractivity contribution in [1.29, 1.82) is 0 Å². The molecule has 3 heteroatoms. The molecule has 1 unspecified atom stereocenters. The lowest BCUT2D eigenvalue weighted by molar-refractivity contribution is -0.112. The molecular formula is C8H15NO2. The minimum absolute atomic E-state index is 0.0997. The fourth-order valence-electron chi connectivity index (χ4n) is 1.33. The molecule has 0 aromatic carbocycles. The third-order valence-electron chi connectivity index (χ3n) is 2.22. The van der Waals surface area contributed by atoms with Gasteiger partial charge in [0, 0.05) is 13.0 Å². The SMILES string of the molecule is CCCCC1(CCO)NC1=O. The Hall–Kier alpha value is -0.570. The number of unbranched alkanes of at least 4 members (excludes halogenated alkanes) is 1. The smallest absolute Gasteiger partial charge is 0.246 e. The van der Waals surface area contributed by atoms with Crippen LogP contribution in [0.5, 0.6) is 0 Å². The van der Waals surface area contributed by atoms with Crippen LogP contribution in [0.25, 0.3) is 0 Å². The minimum atomic E-state index is -0.329. The van der Waals surface area contributed by atoms with Gasteiger partial charge in [0.05, 0.1) is 0 Å². The van der Waals surface area contributed by atoms with Crippen molar-refractivity contribution in [3.63, 3.8) is 0 Å². The molecule has 0 radical (unpaired) electrons. The van der Waals surface area contributed by atoms with E-state index in [0.29, 0.717) is 6.42 Å². The van der Waals surface area contributed by atoms with Crippen LogP contribution >= 0.6 is 0 Å². The van der Waals surface area contributed by atoms with Gasteiger partial charge in [0.1, 0.15) is 5.54 Å². The number of hydrogen-bond donors (Lipinski definition) is 2. The normalized spacial score (nSPS) is 28.4. The molecule has 0 bridgehead atoms. The summed E-state index contributed by atoms with van der Waals surface area (Å²) in [5, 5.41) is 11.4. The maximum Gasteiger partial charge on any atom is 0.246 e. The Balaban J connectivity index is 2.31. The van der Waals surface area contributed by atoms with Gasteiger partial charge in [-0.3, -0.25) is 4.79 Å². The predicted molar refractivity (Wildman–Crippen MR) is 42.1 cm³/mol. The second kappa shape index (κ2) is 3.22. The zero-order valence-corrected chi connectivity index (χ0v) is 6.89. The van der Waals surface area contributed by atoms with E-state index in [-0.39, 0.29) is 18.1 Å². The first-order valence-corrected chi connectivity index (χ1v) is 4.18. The summed E-state index contributed by atoms with van der Waals surface area (Å²) in [6, 6.07) is 0. The molecule has 1 rings (SSSR count). The van der Waals surface area contributed by atoms with E-state index in [1.807, 2.05) is 0 Å². The summed E-state index contributed by atoms with van der Waals surface area (Å²) in [6.07, 6.45) is 3.61. The number of carbonyl (C=O) groups excluding carboxylic acids is 1. The highest BCUT2D eigenvalue weighted by molar-refractivity contribution is 6.01. The first kappa shape index (κ1) is 8.53. The van der Waals surface area contributed by atoms with Gasteiger partial charge < -0.3 is 10.4 Å². The highest BCUT2D eigenvalue weighted by Crippen LogP contribution is 2.29. The monoisotopic (exact) mass is 157 g/mol. The van der Waals surface area contributed by atoms with Crippen molar-refractivity contribution in [1.82, 2.24) is 5.32 Å². The number of nitrogens with one attached hydrogen (secondary N) is 1. The third kappa shape index (κ3) is 1.71. The Kier molecular flexibility index (Phi) is 2.49.